The first-order valence-corrected chi connectivity index (χ1v) is 9.59. The molecule has 1 fully saturated rings. The summed E-state index contributed by atoms with van der Waals surface area (Å²) in [5.74, 6) is 0.529. The van der Waals surface area contributed by atoms with Crippen molar-refractivity contribution in [3.8, 4) is 0 Å². The number of nitrogens with zero attached hydrogens (tertiary/aromatic N) is 4. The summed E-state index contributed by atoms with van der Waals surface area (Å²) in [6, 6.07) is 0.277. The highest BCUT2D eigenvalue weighted by atomic mass is 32.1. The lowest BCUT2D eigenvalue weighted by Gasteiger charge is -2.17. The van der Waals surface area contributed by atoms with Crippen molar-refractivity contribution in [2.75, 3.05) is 0 Å². The summed E-state index contributed by atoms with van der Waals surface area (Å²) in [4.78, 5) is 31.4. The highest BCUT2D eigenvalue weighted by Crippen LogP contribution is 2.38. The summed E-state index contributed by atoms with van der Waals surface area (Å²) in [7, 11) is 0. The summed E-state index contributed by atoms with van der Waals surface area (Å²) in [5, 5.41) is 8.37. The van der Waals surface area contributed by atoms with Gasteiger partial charge >= 0.3 is 5.69 Å². The SMILES string of the molecule is C[C@@H]1CCc2c(sc3ncn4c(=O)n(CC(=O)NC5CC5)nc4c23)C1. The first-order chi connectivity index (χ1) is 12.1. The van der Waals surface area contributed by atoms with Gasteiger partial charge in [0.15, 0.2) is 5.65 Å². The molecule has 0 aliphatic heterocycles. The molecule has 0 unspecified atom stereocenters. The van der Waals surface area contributed by atoms with E-state index in [-0.39, 0.29) is 24.2 Å². The van der Waals surface area contributed by atoms with Gasteiger partial charge in [0, 0.05) is 10.9 Å². The van der Waals surface area contributed by atoms with Gasteiger partial charge < -0.3 is 5.32 Å². The quantitative estimate of drug-likeness (QED) is 0.770. The molecular formula is C17H19N5O2S. The first-order valence-electron chi connectivity index (χ1n) is 8.78. The Balaban J connectivity index is 1.62. The summed E-state index contributed by atoms with van der Waals surface area (Å²) in [6.45, 7) is 2.23. The molecule has 1 atom stereocenters. The number of nitrogens with one attached hydrogen (secondary N) is 1. The highest BCUT2D eigenvalue weighted by molar-refractivity contribution is 7.19. The predicted octanol–water partition coefficient (Wildman–Crippen LogP) is 1.51. The lowest BCUT2D eigenvalue weighted by molar-refractivity contribution is -0.122. The third-order valence-corrected chi connectivity index (χ3v) is 6.28. The lowest BCUT2D eigenvalue weighted by Crippen LogP contribution is -2.33. The van der Waals surface area contributed by atoms with E-state index < -0.39 is 0 Å². The van der Waals surface area contributed by atoms with Gasteiger partial charge in [-0.3, -0.25) is 4.79 Å². The molecule has 8 heteroatoms. The summed E-state index contributed by atoms with van der Waals surface area (Å²) >= 11 is 1.71. The number of hydrogen-bond acceptors (Lipinski definition) is 5. The highest BCUT2D eigenvalue weighted by Gasteiger charge is 2.26. The van der Waals surface area contributed by atoms with Crippen LogP contribution in [0.4, 0.5) is 0 Å². The van der Waals surface area contributed by atoms with Crippen LogP contribution in [0.25, 0.3) is 15.9 Å². The number of aromatic nitrogens is 4. The zero-order valence-electron chi connectivity index (χ0n) is 14.0. The average molecular weight is 357 g/mol. The Hall–Kier alpha value is -2.22. The molecule has 3 aromatic rings. The van der Waals surface area contributed by atoms with Crippen molar-refractivity contribution in [3.63, 3.8) is 0 Å². The molecule has 0 radical (unpaired) electrons. The Morgan fingerprint density at radius 1 is 1.40 bits per heavy atom. The molecule has 5 rings (SSSR count). The molecule has 0 spiro atoms. The van der Waals surface area contributed by atoms with Gasteiger partial charge in [-0.25, -0.2) is 18.9 Å². The lowest BCUT2D eigenvalue weighted by atomic mass is 9.89. The number of carbonyl (C=O) groups excluding carboxylic acids is 1. The fourth-order valence-corrected chi connectivity index (χ4v) is 4.95. The topological polar surface area (TPSA) is 81.3 Å². The number of aryl methyl sites for hydroxylation is 1. The van der Waals surface area contributed by atoms with E-state index >= 15 is 0 Å². The van der Waals surface area contributed by atoms with Crippen LogP contribution in [0.3, 0.4) is 0 Å². The molecule has 7 nitrogen and oxygen atoms in total. The number of thiophene rings is 1. The average Bonchev–Trinajstić information content (AvgIpc) is 3.22. The van der Waals surface area contributed by atoms with Gasteiger partial charge in [0.1, 0.15) is 17.7 Å². The largest absolute Gasteiger partial charge is 0.352 e. The number of amides is 1. The first kappa shape index (κ1) is 15.1. The van der Waals surface area contributed by atoms with Crippen LogP contribution >= 0.6 is 11.3 Å². The Morgan fingerprint density at radius 2 is 2.24 bits per heavy atom. The van der Waals surface area contributed by atoms with Crippen molar-refractivity contribution in [3.05, 3.63) is 27.3 Å². The molecule has 3 aromatic heterocycles. The van der Waals surface area contributed by atoms with E-state index in [9.17, 15) is 9.59 Å². The maximum Gasteiger partial charge on any atom is 0.352 e. The smallest absolute Gasteiger partial charge is 0.352 e. The molecule has 0 bridgehead atoms. The van der Waals surface area contributed by atoms with Crippen LogP contribution in [-0.2, 0) is 24.2 Å². The van der Waals surface area contributed by atoms with Crippen molar-refractivity contribution in [1.82, 2.24) is 24.5 Å². The van der Waals surface area contributed by atoms with E-state index in [4.69, 9.17) is 0 Å². The molecule has 2 aliphatic carbocycles. The van der Waals surface area contributed by atoms with Gasteiger partial charge in [-0.1, -0.05) is 6.92 Å². The monoisotopic (exact) mass is 357 g/mol. The molecule has 25 heavy (non-hydrogen) atoms. The number of rotatable bonds is 3. The molecule has 0 aromatic carbocycles. The Labute approximate surface area is 147 Å². The molecule has 0 saturated heterocycles. The minimum absolute atomic E-state index is 0.0398. The maximum absolute atomic E-state index is 12.6. The third kappa shape index (κ3) is 2.47. The van der Waals surface area contributed by atoms with E-state index in [0.29, 0.717) is 11.6 Å². The van der Waals surface area contributed by atoms with Gasteiger partial charge in [0.2, 0.25) is 5.91 Å². The minimum atomic E-state index is -0.306. The Morgan fingerprint density at radius 3 is 3.04 bits per heavy atom. The fourth-order valence-electron chi connectivity index (χ4n) is 3.60. The molecular weight excluding hydrogens is 338 g/mol. The summed E-state index contributed by atoms with van der Waals surface area (Å²) in [6.07, 6.45) is 6.80. The van der Waals surface area contributed by atoms with E-state index in [0.717, 1.165) is 42.3 Å². The van der Waals surface area contributed by atoms with Gasteiger partial charge in [-0.05, 0) is 43.6 Å². The number of carbonyl (C=O) groups is 1. The van der Waals surface area contributed by atoms with Crippen molar-refractivity contribution in [1.29, 1.82) is 0 Å². The zero-order chi connectivity index (χ0) is 17.1. The van der Waals surface area contributed by atoms with Crippen LogP contribution < -0.4 is 11.0 Å². The van der Waals surface area contributed by atoms with Crippen molar-refractivity contribution in [2.24, 2.45) is 5.92 Å². The van der Waals surface area contributed by atoms with Crippen molar-refractivity contribution >= 4 is 33.1 Å². The normalized spacial score (nSPS) is 20.1. The van der Waals surface area contributed by atoms with Crippen LogP contribution in [0.15, 0.2) is 11.1 Å². The predicted molar refractivity (Wildman–Crippen MR) is 95.0 cm³/mol. The standard InChI is InChI=1S/C17H19N5O2S/c1-9-2-5-11-12(6-9)25-16-14(11)15-20-22(17(24)21(15)8-18-16)7-13(23)19-10-3-4-10/h8-10H,2-7H2,1H3,(H,19,23)/t9-/m1/s1. The second kappa shape index (κ2) is 5.39. The van der Waals surface area contributed by atoms with E-state index in [1.54, 1.807) is 11.3 Å². The van der Waals surface area contributed by atoms with Crippen LogP contribution in [0.5, 0.6) is 0 Å². The van der Waals surface area contributed by atoms with Crippen LogP contribution in [0.2, 0.25) is 0 Å². The van der Waals surface area contributed by atoms with Gasteiger partial charge in [-0.2, -0.15) is 0 Å². The van der Waals surface area contributed by atoms with E-state index in [1.165, 1.54) is 25.9 Å². The third-order valence-electron chi connectivity index (χ3n) is 5.11. The second-order valence-electron chi connectivity index (χ2n) is 7.25. The molecule has 1 amide bonds. The Kier molecular flexibility index (Phi) is 3.25. The second-order valence-corrected chi connectivity index (χ2v) is 8.34. The van der Waals surface area contributed by atoms with E-state index in [2.05, 4.69) is 22.3 Å². The molecule has 2 aliphatic rings. The fraction of sp³-hybridized carbons (Fsp3) is 0.529. The zero-order valence-corrected chi connectivity index (χ0v) is 14.8. The van der Waals surface area contributed by atoms with Crippen LogP contribution in [0.1, 0.15) is 36.6 Å². The van der Waals surface area contributed by atoms with Gasteiger partial charge in [-0.15, -0.1) is 16.4 Å². The van der Waals surface area contributed by atoms with Crippen molar-refractivity contribution < 1.29 is 4.79 Å². The Bertz CT molecular complexity index is 1060. The van der Waals surface area contributed by atoms with Crippen molar-refractivity contribution in [2.45, 2.75) is 51.6 Å². The van der Waals surface area contributed by atoms with Crippen LogP contribution in [-0.4, -0.2) is 31.1 Å². The molecule has 1 saturated carbocycles. The molecule has 3 heterocycles. The van der Waals surface area contributed by atoms with Gasteiger partial charge in [0.25, 0.3) is 0 Å². The van der Waals surface area contributed by atoms with Crippen LogP contribution in [0, 0.1) is 5.92 Å². The molecule has 1 N–H and O–H groups in total. The molecule has 130 valence electrons. The maximum atomic E-state index is 12.6. The van der Waals surface area contributed by atoms with E-state index in [1.807, 2.05) is 0 Å². The summed E-state index contributed by atoms with van der Waals surface area (Å²) in [5.41, 5.74) is 1.61. The number of fused-ring (bicyclic) bond motifs is 5. The minimum Gasteiger partial charge on any atom is -0.352 e. The number of hydrogen-bond donors (Lipinski definition) is 1. The summed E-state index contributed by atoms with van der Waals surface area (Å²) < 4.78 is 2.72. The van der Waals surface area contributed by atoms with Gasteiger partial charge in [0.05, 0.1) is 5.39 Å².